The van der Waals surface area contributed by atoms with Crippen LogP contribution in [-0.2, 0) is 6.42 Å². The van der Waals surface area contributed by atoms with Gasteiger partial charge in [-0.25, -0.2) is 0 Å². The molecule has 1 aromatic carbocycles. The molecule has 0 radical (unpaired) electrons. The van der Waals surface area contributed by atoms with Crippen LogP contribution in [0.1, 0.15) is 44.6 Å². The van der Waals surface area contributed by atoms with E-state index in [0.717, 1.165) is 0 Å². The van der Waals surface area contributed by atoms with Crippen molar-refractivity contribution in [3.05, 3.63) is 47.0 Å². The van der Waals surface area contributed by atoms with Gasteiger partial charge < -0.3 is 0 Å². The van der Waals surface area contributed by atoms with Gasteiger partial charge >= 0.3 is 0 Å². The zero-order valence-electron chi connectivity index (χ0n) is 9.63. The average Bonchev–Trinajstić information content (AvgIpc) is 2.96. The van der Waals surface area contributed by atoms with Crippen LogP contribution >= 0.6 is 0 Å². The predicted molar refractivity (Wildman–Crippen MR) is 65.9 cm³/mol. The second-order valence-corrected chi connectivity index (χ2v) is 4.61. The van der Waals surface area contributed by atoms with Crippen LogP contribution in [0.25, 0.3) is 0 Å². The first kappa shape index (κ1) is 10.5. The topological polar surface area (TPSA) is 0 Å². The highest BCUT2D eigenvalue weighted by atomic mass is 14.2. The van der Waals surface area contributed by atoms with Crippen molar-refractivity contribution in [1.82, 2.24) is 0 Å². The lowest BCUT2D eigenvalue weighted by Gasteiger charge is -2.00. The number of allylic oxidation sites excluding steroid dienone is 2. The van der Waals surface area contributed by atoms with E-state index in [1.807, 2.05) is 0 Å². The summed E-state index contributed by atoms with van der Waals surface area (Å²) in [7, 11) is 0. The van der Waals surface area contributed by atoms with Crippen molar-refractivity contribution < 1.29 is 0 Å². The molecule has 2 rings (SSSR count). The summed E-state index contributed by atoms with van der Waals surface area (Å²) in [4.78, 5) is 0. The van der Waals surface area contributed by atoms with Crippen LogP contribution in [0.15, 0.2) is 41.5 Å². The van der Waals surface area contributed by atoms with Crippen molar-refractivity contribution in [3.8, 4) is 0 Å². The van der Waals surface area contributed by atoms with E-state index >= 15 is 0 Å². The summed E-state index contributed by atoms with van der Waals surface area (Å²) in [5.41, 5.74) is 4.87. The second-order valence-electron chi connectivity index (χ2n) is 4.61. The van der Waals surface area contributed by atoms with E-state index in [-0.39, 0.29) is 0 Å². The lowest BCUT2D eigenvalue weighted by atomic mass is 10.1. The molecule has 0 heterocycles. The number of benzene rings is 1. The highest BCUT2D eigenvalue weighted by molar-refractivity contribution is 5.32. The van der Waals surface area contributed by atoms with Crippen LogP contribution in [0.4, 0.5) is 0 Å². The molecule has 0 N–H and O–H groups in total. The quantitative estimate of drug-likeness (QED) is 0.468. The fraction of sp³-hybridized carbons (Fsp3) is 0.467. The maximum Gasteiger partial charge on any atom is -0.0106 e. The number of unbranched alkanes of at least 4 members (excludes halogenated alkanes) is 2. The summed E-state index contributed by atoms with van der Waals surface area (Å²) in [6.07, 6.45) is 8.06. The molecule has 1 aromatic rings. The summed E-state index contributed by atoms with van der Waals surface area (Å²) >= 11 is 0. The Morgan fingerprint density at radius 2 is 1.60 bits per heavy atom. The zero-order chi connectivity index (χ0) is 10.5. The molecular formula is C15H20. The van der Waals surface area contributed by atoms with Crippen LogP contribution in [-0.4, -0.2) is 0 Å². The first-order chi connectivity index (χ1) is 7.36. The molecule has 15 heavy (non-hydrogen) atoms. The summed E-state index contributed by atoms with van der Waals surface area (Å²) in [6, 6.07) is 10.8. The third kappa shape index (κ3) is 3.54. The Bertz CT molecular complexity index is 332. The molecular weight excluding hydrogens is 180 g/mol. The van der Waals surface area contributed by atoms with Crippen LogP contribution in [0.2, 0.25) is 0 Å². The third-order valence-electron chi connectivity index (χ3n) is 3.24. The molecule has 1 aliphatic rings. The van der Waals surface area contributed by atoms with Crippen molar-refractivity contribution in [2.75, 3.05) is 0 Å². The molecule has 0 heteroatoms. The van der Waals surface area contributed by atoms with E-state index in [0.29, 0.717) is 0 Å². The van der Waals surface area contributed by atoms with Gasteiger partial charge in [-0.1, -0.05) is 47.9 Å². The van der Waals surface area contributed by atoms with Crippen molar-refractivity contribution >= 4 is 0 Å². The van der Waals surface area contributed by atoms with E-state index in [2.05, 4.69) is 37.3 Å². The van der Waals surface area contributed by atoms with Gasteiger partial charge in [0, 0.05) is 0 Å². The minimum Gasteiger partial charge on any atom is -0.0697 e. The molecule has 0 fully saturated rings. The molecule has 0 aromatic heterocycles. The van der Waals surface area contributed by atoms with Gasteiger partial charge in [-0.05, 0) is 44.6 Å². The minimum atomic E-state index is 1.25. The van der Waals surface area contributed by atoms with E-state index in [1.165, 1.54) is 44.1 Å². The van der Waals surface area contributed by atoms with Gasteiger partial charge in [-0.3, -0.25) is 0 Å². The Kier molecular flexibility index (Phi) is 3.60. The fourth-order valence-electron chi connectivity index (χ4n) is 2.07. The highest BCUT2D eigenvalue weighted by Gasteiger charge is 2.14. The molecule has 0 amide bonds. The highest BCUT2D eigenvalue weighted by Crippen LogP contribution is 2.34. The Labute approximate surface area is 93.0 Å². The van der Waals surface area contributed by atoms with Crippen molar-refractivity contribution in [3.63, 3.8) is 0 Å². The summed E-state index contributed by atoms with van der Waals surface area (Å²) < 4.78 is 0. The third-order valence-corrected chi connectivity index (χ3v) is 3.24. The van der Waals surface area contributed by atoms with Gasteiger partial charge in [0.05, 0.1) is 0 Å². The zero-order valence-corrected chi connectivity index (χ0v) is 9.63. The predicted octanol–water partition coefficient (Wildman–Crippen LogP) is 4.51. The molecule has 0 saturated heterocycles. The molecule has 0 unspecified atom stereocenters. The van der Waals surface area contributed by atoms with Crippen LogP contribution < -0.4 is 0 Å². The molecule has 80 valence electrons. The first-order valence-electron chi connectivity index (χ1n) is 6.07. The Morgan fingerprint density at radius 3 is 2.27 bits per heavy atom. The average molecular weight is 200 g/mol. The van der Waals surface area contributed by atoms with Gasteiger partial charge in [-0.15, -0.1) is 0 Å². The van der Waals surface area contributed by atoms with E-state index in [4.69, 9.17) is 0 Å². The van der Waals surface area contributed by atoms with Crippen molar-refractivity contribution in [2.45, 2.75) is 45.4 Å². The molecule has 0 aliphatic heterocycles. The van der Waals surface area contributed by atoms with Crippen LogP contribution in [0, 0.1) is 0 Å². The van der Waals surface area contributed by atoms with Gasteiger partial charge in [0.1, 0.15) is 0 Å². The van der Waals surface area contributed by atoms with Crippen LogP contribution in [0.5, 0.6) is 0 Å². The summed E-state index contributed by atoms with van der Waals surface area (Å²) in [5, 5.41) is 0. The van der Waals surface area contributed by atoms with E-state index in [1.54, 1.807) is 11.1 Å². The van der Waals surface area contributed by atoms with E-state index < -0.39 is 0 Å². The maximum atomic E-state index is 2.26. The van der Waals surface area contributed by atoms with E-state index in [9.17, 15) is 0 Å². The Morgan fingerprint density at radius 1 is 0.933 bits per heavy atom. The number of hydrogen-bond donors (Lipinski definition) is 0. The van der Waals surface area contributed by atoms with Gasteiger partial charge in [-0.2, -0.15) is 0 Å². The lowest BCUT2D eigenvalue weighted by molar-refractivity contribution is 0.680. The molecule has 1 aliphatic carbocycles. The molecule has 0 atom stereocenters. The molecule has 0 bridgehead atoms. The fourth-order valence-corrected chi connectivity index (χ4v) is 2.07. The van der Waals surface area contributed by atoms with Gasteiger partial charge in [0.2, 0.25) is 0 Å². The van der Waals surface area contributed by atoms with Gasteiger partial charge in [0.25, 0.3) is 0 Å². The lowest BCUT2D eigenvalue weighted by Crippen LogP contribution is -1.84. The summed E-state index contributed by atoms with van der Waals surface area (Å²) in [5.74, 6) is 0. The summed E-state index contributed by atoms with van der Waals surface area (Å²) in [6.45, 7) is 2.26. The van der Waals surface area contributed by atoms with Crippen LogP contribution in [0.3, 0.4) is 0 Å². The Balaban J connectivity index is 1.56. The number of aryl methyl sites for hydroxylation is 1. The molecule has 0 nitrogen and oxygen atoms in total. The largest absolute Gasteiger partial charge is 0.0697 e. The second kappa shape index (κ2) is 5.16. The van der Waals surface area contributed by atoms with Gasteiger partial charge in [0.15, 0.2) is 0 Å². The number of rotatable bonds is 6. The van der Waals surface area contributed by atoms with Crippen molar-refractivity contribution in [1.29, 1.82) is 0 Å². The number of hydrogen-bond acceptors (Lipinski definition) is 0. The maximum absolute atomic E-state index is 2.26. The first-order valence-corrected chi connectivity index (χ1v) is 6.07. The molecule has 0 spiro atoms. The normalized spacial score (nSPS) is 14.5. The Hall–Kier alpha value is -1.04. The monoisotopic (exact) mass is 200 g/mol. The SMILES string of the molecule is CC1=C(CCCCCc2ccccc2)C1. The minimum absolute atomic E-state index is 1.25. The molecule has 0 saturated carbocycles. The smallest absolute Gasteiger partial charge is 0.0106 e. The van der Waals surface area contributed by atoms with Crippen molar-refractivity contribution in [2.24, 2.45) is 0 Å². The standard InChI is InChI=1S/C15H20/c1-13-12-15(13)11-7-3-6-10-14-8-4-2-5-9-14/h2,4-5,8-9H,3,6-7,10-12H2,1H3.